The lowest BCUT2D eigenvalue weighted by Crippen LogP contribution is -2.38. The molecular weight excluding hydrogens is 466 g/mol. The van der Waals surface area contributed by atoms with Crippen molar-refractivity contribution in [1.29, 1.82) is 0 Å². The van der Waals surface area contributed by atoms with Crippen molar-refractivity contribution < 1.29 is 9.53 Å². The summed E-state index contributed by atoms with van der Waals surface area (Å²) in [7, 11) is 1.77. The maximum atomic E-state index is 14.0. The first-order chi connectivity index (χ1) is 18.0. The molecule has 0 radical (unpaired) electrons. The fourth-order valence-corrected chi connectivity index (χ4v) is 5.90. The Labute approximate surface area is 217 Å². The van der Waals surface area contributed by atoms with E-state index in [2.05, 4.69) is 62.0 Å². The Bertz CT molecular complexity index is 1300. The number of ether oxygens (including phenoxy) is 1. The minimum absolute atomic E-state index is 0.00381. The summed E-state index contributed by atoms with van der Waals surface area (Å²) >= 11 is 0. The molecule has 1 fully saturated rings. The van der Waals surface area contributed by atoms with Gasteiger partial charge in [-0.1, -0.05) is 19.9 Å². The van der Waals surface area contributed by atoms with Gasteiger partial charge in [-0.3, -0.25) is 4.79 Å². The number of hydrogen-bond donors (Lipinski definition) is 1. The van der Waals surface area contributed by atoms with Crippen molar-refractivity contribution in [3.63, 3.8) is 0 Å². The Balaban J connectivity index is 1.32. The second-order valence-corrected chi connectivity index (χ2v) is 10.7. The van der Waals surface area contributed by atoms with Crippen LogP contribution in [-0.2, 0) is 29.2 Å². The van der Waals surface area contributed by atoms with Crippen molar-refractivity contribution in [2.75, 3.05) is 28.8 Å². The standard InChI is InChI=1S/C28H35N7O2/c1-18(2)27-32-31-25-17-33(13-14-34(25)27)21-8-11-23-24(15-21)35(16-20-5-4-12-29-26(20)30-23)28(36)19-6-9-22(37-3)10-7-19/h4-5,8,11-12,15,18-19,22H,6-7,9-10,13-14,16-17H2,1-3H3,(H,29,30)/t19-,22-. The van der Waals surface area contributed by atoms with Crippen LogP contribution in [0.4, 0.5) is 22.9 Å². The summed E-state index contributed by atoms with van der Waals surface area (Å²) in [5, 5.41) is 12.4. The summed E-state index contributed by atoms with van der Waals surface area (Å²) in [5.41, 5.74) is 3.92. The highest BCUT2D eigenvalue weighted by Crippen LogP contribution is 2.40. The number of nitrogens with one attached hydrogen (secondary N) is 1. The molecule has 1 aliphatic carbocycles. The third-order valence-corrected chi connectivity index (χ3v) is 8.03. The molecule has 3 aromatic rings. The number of amides is 1. The summed E-state index contributed by atoms with van der Waals surface area (Å²) in [6, 6.07) is 10.3. The number of nitrogens with zero attached hydrogens (tertiary/aromatic N) is 6. The van der Waals surface area contributed by atoms with Crippen molar-refractivity contribution in [2.24, 2.45) is 5.92 Å². The Hall–Kier alpha value is -3.46. The van der Waals surface area contributed by atoms with Gasteiger partial charge >= 0.3 is 0 Å². The van der Waals surface area contributed by atoms with Crippen molar-refractivity contribution in [3.8, 4) is 0 Å². The molecule has 0 atom stereocenters. The van der Waals surface area contributed by atoms with Crippen LogP contribution in [0.5, 0.6) is 0 Å². The molecule has 1 amide bonds. The third-order valence-electron chi connectivity index (χ3n) is 8.03. The zero-order chi connectivity index (χ0) is 25.5. The highest BCUT2D eigenvalue weighted by molar-refractivity contribution is 6.00. The van der Waals surface area contributed by atoms with Gasteiger partial charge in [-0.25, -0.2) is 4.98 Å². The van der Waals surface area contributed by atoms with Gasteiger partial charge in [0.1, 0.15) is 11.6 Å². The van der Waals surface area contributed by atoms with E-state index in [9.17, 15) is 4.79 Å². The molecule has 1 N–H and O–H groups in total. The Morgan fingerprint density at radius 2 is 1.92 bits per heavy atom. The number of hydrogen-bond acceptors (Lipinski definition) is 7. The highest BCUT2D eigenvalue weighted by atomic mass is 16.5. The predicted octanol–water partition coefficient (Wildman–Crippen LogP) is 4.61. The second kappa shape index (κ2) is 9.78. The predicted molar refractivity (Wildman–Crippen MR) is 143 cm³/mol. The molecule has 194 valence electrons. The van der Waals surface area contributed by atoms with Gasteiger partial charge in [0.25, 0.3) is 0 Å². The number of benzene rings is 1. The van der Waals surface area contributed by atoms with Crippen LogP contribution in [-0.4, -0.2) is 45.4 Å². The number of carbonyl (C=O) groups is 1. The molecule has 37 heavy (non-hydrogen) atoms. The fourth-order valence-electron chi connectivity index (χ4n) is 5.90. The van der Waals surface area contributed by atoms with Crippen molar-refractivity contribution in [2.45, 2.75) is 71.2 Å². The molecular formula is C28H35N7O2. The summed E-state index contributed by atoms with van der Waals surface area (Å²) in [5.74, 6) is 3.38. The maximum absolute atomic E-state index is 14.0. The van der Waals surface area contributed by atoms with Crippen molar-refractivity contribution in [3.05, 3.63) is 53.7 Å². The molecule has 6 rings (SSSR count). The van der Waals surface area contributed by atoms with Gasteiger partial charge in [0, 0.05) is 49.5 Å². The Kier molecular flexibility index (Phi) is 6.32. The van der Waals surface area contributed by atoms with Crippen LogP contribution in [0, 0.1) is 5.92 Å². The molecule has 0 spiro atoms. The number of anilines is 4. The lowest BCUT2D eigenvalue weighted by molar-refractivity contribution is -0.124. The van der Waals surface area contributed by atoms with Crippen LogP contribution < -0.4 is 15.1 Å². The van der Waals surface area contributed by atoms with Crippen molar-refractivity contribution >= 4 is 28.8 Å². The van der Waals surface area contributed by atoms with Gasteiger partial charge in [0.2, 0.25) is 5.91 Å². The van der Waals surface area contributed by atoms with Crippen LogP contribution in [0.1, 0.15) is 62.7 Å². The molecule has 4 heterocycles. The van der Waals surface area contributed by atoms with E-state index in [0.717, 1.165) is 78.9 Å². The largest absolute Gasteiger partial charge is 0.381 e. The average molecular weight is 502 g/mol. The van der Waals surface area contributed by atoms with Crippen LogP contribution >= 0.6 is 0 Å². The van der Waals surface area contributed by atoms with E-state index in [0.29, 0.717) is 19.0 Å². The molecule has 0 unspecified atom stereocenters. The van der Waals surface area contributed by atoms with E-state index in [4.69, 9.17) is 4.74 Å². The van der Waals surface area contributed by atoms with E-state index < -0.39 is 0 Å². The first-order valence-corrected chi connectivity index (χ1v) is 13.4. The average Bonchev–Trinajstić information content (AvgIpc) is 3.28. The molecule has 9 heteroatoms. The van der Waals surface area contributed by atoms with Crippen LogP contribution in [0.15, 0.2) is 36.5 Å². The van der Waals surface area contributed by atoms with Crippen LogP contribution in [0.2, 0.25) is 0 Å². The topological polar surface area (TPSA) is 88.4 Å². The van der Waals surface area contributed by atoms with E-state index in [-0.39, 0.29) is 17.9 Å². The van der Waals surface area contributed by atoms with Gasteiger partial charge in [0.05, 0.1) is 30.6 Å². The minimum Gasteiger partial charge on any atom is -0.381 e. The minimum atomic E-state index is 0.00381. The second-order valence-electron chi connectivity index (χ2n) is 10.7. The number of methoxy groups -OCH3 is 1. The quantitative estimate of drug-likeness (QED) is 0.558. The van der Waals surface area contributed by atoms with Gasteiger partial charge in [-0.05, 0) is 49.9 Å². The number of carbonyl (C=O) groups excluding carboxylic acids is 1. The molecule has 9 nitrogen and oxygen atoms in total. The monoisotopic (exact) mass is 501 g/mol. The molecule has 2 aromatic heterocycles. The van der Waals surface area contributed by atoms with Crippen LogP contribution in [0.25, 0.3) is 0 Å². The lowest BCUT2D eigenvalue weighted by atomic mass is 9.86. The number of fused-ring (bicyclic) bond motifs is 3. The van der Waals surface area contributed by atoms with Gasteiger partial charge in [-0.15, -0.1) is 10.2 Å². The van der Waals surface area contributed by atoms with Crippen molar-refractivity contribution in [1.82, 2.24) is 19.7 Å². The van der Waals surface area contributed by atoms with Gasteiger partial charge in [-0.2, -0.15) is 0 Å². The van der Waals surface area contributed by atoms with E-state index in [1.807, 2.05) is 17.0 Å². The summed E-state index contributed by atoms with van der Waals surface area (Å²) in [6.07, 6.45) is 5.62. The summed E-state index contributed by atoms with van der Waals surface area (Å²) in [4.78, 5) is 22.9. The fraction of sp³-hybridized carbons (Fsp3) is 0.500. The van der Waals surface area contributed by atoms with E-state index >= 15 is 0 Å². The Morgan fingerprint density at radius 1 is 1.08 bits per heavy atom. The maximum Gasteiger partial charge on any atom is 0.230 e. The first kappa shape index (κ1) is 23.9. The number of aromatic nitrogens is 4. The molecule has 0 saturated heterocycles. The SMILES string of the molecule is CO[C@H]1CC[C@H](C(=O)N2Cc3cccnc3Nc3ccc(N4CCn5c(nnc5C(C)C)C4)cc32)CC1. The highest BCUT2D eigenvalue weighted by Gasteiger charge is 2.33. The normalized spacial score (nSPS) is 21.1. The smallest absolute Gasteiger partial charge is 0.230 e. The molecule has 1 saturated carbocycles. The van der Waals surface area contributed by atoms with E-state index in [1.165, 1.54) is 0 Å². The third kappa shape index (κ3) is 4.45. The number of pyridine rings is 1. The lowest BCUT2D eigenvalue weighted by Gasteiger charge is -2.33. The van der Waals surface area contributed by atoms with E-state index in [1.54, 1.807) is 13.3 Å². The van der Waals surface area contributed by atoms with Crippen LogP contribution in [0.3, 0.4) is 0 Å². The molecule has 1 aromatic carbocycles. The number of rotatable bonds is 4. The molecule has 0 bridgehead atoms. The zero-order valence-electron chi connectivity index (χ0n) is 21.9. The zero-order valence-corrected chi connectivity index (χ0v) is 21.9. The van der Waals surface area contributed by atoms with Gasteiger partial charge < -0.3 is 24.4 Å². The molecule has 2 aliphatic heterocycles. The summed E-state index contributed by atoms with van der Waals surface area (Å²) in [6.45, 7) is 7.23. The Morgan fingerprint density at radius 3 is 2.70 bits per heavy atom. The van der Waals surface area contributed by atoms with Gasteiger partial charge in [0.15, 0.2) is 5.82 Å². The first-order valence-electron chi connectivity index (χ1n) is 13.4. The molecule has 3 aliphatic rings. The summed E-state index contributed by atoms with van der Waals surface area (Å²) < 4.78 is 7.80.